The summed E-state index contributed by atoms with van der Waals surface area (Å²) in [4.78, 5) is 10.9. The molecule has 0 saturated carbocycles. The summed E-state index contributed by atoms with van der Waals surface area (Å²) < 4.78 is 6.60. The minimum atomic E-state index is 0.570. The molecule has 2 heterocycles. The molecule has 2 aromatic heterocycles. The molecule has 3 rings (SSSR count). The van der Waals surface area contributed by atoms with Crippen LogP contribution in [0.5, 0.6) is 0 Å². The molecule has 1 aromatic carbocycles. The van der Waals surface area contributed by atoms with Gasteiger partial charge in [-0.05, 0) is 54.3 Å². The lowest BCUT2D eigenvalue weighted by atomic mass is 10.3. The molecular formula is C16H17BrN4O. The third-order valence-electron chi connectivity index (χ3n) is 3.27. The molecular weight excluding hydrogens is 344 g/mol. The average Bonchev–Trinajstić information content (AvgIpc) is 2.90. The Kier molecular flexibility index (Phi) is 4.40. The maximum atomic E-state index is 5.87. The van der Waals surface area contributed by atoms with Gasteiger partial charge >= 0.3 is 0 Å². The molecule has 0 unspecified atom stereocenters. The van der Waals surface area contributed by atoms with Crippen LogP contribution in [-0.2, 0) is 0 Å². The molecule has 0 aliphatic carbocycles. The zero-order valence-corrected chi connectivity index (χ0v) is 14.1. The standard InChI is InChI=1S/C16H17BrN4O/c1-21(2)9-8-18-11-5-6-13-14(10-11)22-16(20-13)12-4-3-7-19-15(12)17/h3-7,10,18H,8-9H2,1-2H3. The van der Waals surface area contributed by atoms with E-state index in [0.29, 0.717) is 5.89 Å². The number of oxazole rings is 1. The van der Waals surface area contributed by atoms with E-state index in [2.05, 4.69) is 50.2 Å². The van der Waals surface area contributed by atoms with Crippen molar-refractivity contribution in [3.63, 3.8) is 0 Å². The Morgan fingerprint density at radius 1 is 1.27 bits per heavy atom. The van der Waals surface area contributed by atoms with E-state index in [0.717, 1.165) is 40.0 Å². The first kappa shape index (κ1) is 15.0. The van der Waals surface area contributed by atoms with Crippen LogP contribution in [0.4, 0.5) is 5.69 Å². The normalized spacial score (nSPS) is 11.3. The maximum absolute atomic E-state index is 5.87. The second kappa shape index (κ2) is 6.46. The molecule has 114 valence electrons. The Morgan fingerprint density at radius 3 is 2.91 bits per heavy atom. The van der Waals surface area contributed by atoms with Crippen LogP contribution in [0.3, 0.4) is 0 Å². The minimum Gasteiger partial charge on any atom is -0.436 e. The summed E-state index contributed by atoms with van der Waals surface area (Å²) >= 11 is 3.42. The number of rotatable bonds is 5. The Hall–Kier alpha value is -1.92. The van der Waals surface area contributed by atoms with E-state index in [-0.39, 0.29) is 0 Å². The van der Waals surface area contributed by atoms with Crippen LogP contribution in [-0.4, -0.2) is 42.1 Å². The summed E-state index contributed by atoms with van der Waals surface area (Å²) in [6, 6.07) is 9.75. The van der Waals surface area contributed by atoms with Gasteiger partial charge < -0.3 is 14.6 Å². The van der Waals surface area contributed by atoms with Crippen LogP contribution in [0.1, 0.15) is 0 Å². The molecule has 1 N–H and O–H groups in total. The monoisotopic (exact) mass is 360 g/mol. The number of pyridine rings is 1. The summed E-state index contributed by atoms with van der Waals surface area (Å²) in [7, 11) is 4.11. The zero-order chi connectivity index (χ0) is 15.5. The summed E-state index contributed by atoms with van der Waals surface area (Å²) in [6.45, 7) is 1.86. The number of nitrogens with one attached hydrogen (secondary N) is 1. The molecule has 0 saturated heterocycles. The van der Waals surface area contributed by atoms with E-state index in [1.165, 1.54) is 0 Å². The summed E-state index contributed by atoms with van der Waals surface area (Å²) in [6.07, 6.45) is 1.73. The first-order valence-corrected chi connectivity index (χ1v) is 7.83. The Balaban J connectivity index is 1.86. The molecule has 0 spiro atoms. The van der Waals surface area contributed by atoms with Crippen molar-refractivity contribution in [2.45, 2.75) is 0 Å². The smallest absolute Gasteiger partial charge is 0.230 e. The number of fused-ring (bicyclic) bond motifs is 1. The molecule has 5 nitrogen and oxygen atoms in total. The number of aromatic nitrogens is 2. The lowest BCUT2D eigenvalue weighted by molar-refractivity contribution is 0.425. The Bertz CT molecular complexity index is 785. The predicted octanol–water partition coefficient (Wildman–Crippen LogP) is 3.63. The highest BCUT2D eigenvalue weighted by molar-refractivity contribution is 9.10. The van der Waals surface area contributed by atoms with Gasteiger partial charge in [0.25, 0.3) is 0 Å². The number of hydrogen-bond donors (Lipinski definition) is 1. The lowest BCUT2D eigenvalue weighted by Crippen LogP contribution is -2.20. The molecule has 0 fully saturated rings. The number of anilines is 1. The molecule has 0 radical (unpaired) electrons. The third-order valence-corrected chi connectivity index (χ3v) is 3.90. The van der Waals surface area contributed by atoms with Crippen molar-refractivity contribution in [3.8, 4) is 11.5 Å². The van der Waals surface area contributed by atoms with E-state index in [1.807, 2.05) is 30.3 Å². The van der Waals surface area contributed by atoms with E-state index >= 15 is 0 Å². The van der Waals surface area contributed by atoms with Gasteiger partial charge in [0.2, 0.25) is 5.89 Å². The molecule has 22 heavy (non-hydrogen) atoms. The van der Waals surface area contributed by atoms with Crippen LogP contribution in [0.25, 0.3) is 22.6 Å². The van der Waals surface area contributed by atoms with Crippen molar-refractivity contribution >= 4 is 32.7 Å². The maximum Gasteiger partial charge on any atom is 0.230 e. The number of hydrogen-bond acceptors (Lipinski definition) is 5. The van der Waals surface area contributed by atoms with Crippen molar-refractivity contribution < 1.29 is 4.42 Å². The van der Waals surface area contributed by atoms with Gasteiger partial charge in [-0.25, -0.2) is 9.97 Å². The van der Waals surface area contributed by atoms with Gasteiger partial charge in [0.15, 0.2) is 5.58 Å². The van der Waals surface area contributed by atoms with Crippen LogP contribution in [0.2, 0.25) is 0 Å². The number of nitrogens with zero attached hydrogens (tertiary/aromatic N) is 3. The summed E-state index contributed by atoms with van der Waals surface area (Å²) in [5, 5.41) is 3.38. The highest BCUT2D eigenvalue weighted by Gasteiger charge is 2.12. The van der Waals surface area contributed by atoms with Gasteiger partial charge in [0, 0.05) is 31.0 Å². The van der Waals surface area contributed by atoms with Gasteiger partial charge in [-0.15, -0.1) is 0 Å². The minimum absolute atomic E-state index is 0.570. The van der Waals surface area contributed by atoms with E-state index in [1.54, 1.807) is 6.20 Å². The average molecular weight is 361 g/mol. The van der Waals surface area contributed by atoms with Crippen LogP contribution >= 0.6 is 15.9 Å². The van der Waals surface area contributed by atoms with Gasteiger partial charge in [-0.2, -0.15) is 0 Å². The SMILES string of the molecule is CN(C)CCNc1ccc2nc(-c3cccnc3Br)oc2c1. The fraction of sp³-hybridized carbons (Fsp3) is 0.250. The number of likely N-dealkylation sites (N-methyl/N-ethyl adjacent to an activating group) is 1. The first-order chi connectivity index (χ1) is 10.6. The second-order valence-electron chi connectivity index (χ2n) is 5.27. The molecule has 0 amide bonds. The summed E-state index contributed by atoms with van der Waals surface area (Å²) in [5.41, 5.74) is 3.48. The second-order valence-corrected chi connectivity index (χ2v) is 6.02. The highest BCUT2D eigenvalue weighted by atomic mass is 79.9. The van der Waals surface area contributed by atoms with E-state index < -0.39 is 0 Å². The molecule has 0 aliphatic heterocycles. The largest absolute Gasteiger partial charge is 0.436 e. The number of benzene rings is 1. The molecule has 0 aliphatic rings. The van der Waals surface area contributed by atoms with Crippen molar-refractivity contribution in [2.75, 3.05) is 32.5 Å². The van der Waals surface area contributed by atoms with Crippen LogP contribution in [0.15, 0.2) is 45.5 Å². The predicted molar refractivity (Wildman–Crippen MR) is 92.0 cm³/mol. The topological polar surface area (TPSA) is 54.2 Å². The van der Waals surface area contributed by atoms with Gasteiger partial charge in [-0.3, -0.25) is 0 Å². The van der Waals surface area contributed by atoms with Gasteiger partial charge in [-0.1, -0.05) is 0 Å². The zero-order valence-electron chi connectivity index (χ0n) is 12.5. The fourth-order valence-electron chi connectivity index (χ4n) is 2.12. The number of halogens is 1. The fourth-order valence-corrected chi connectivity index (χ4v) is 2.54. The Labute approximate surface area is 137 Å². The van der Waals surface area contributed by atoms with Crippen molar-refractivity contribution in [1.29, 1.82) is 0 Å². The van der Waals surface area contributed by atoms with Crippen LogP contribution in [0, 0.1) is 0 Å². The molecule has 0 atom stereocenters. The summed E-state index contributed by atoms with van der Waals surface area (Å²) in [5.74, 6) is 0.570. The van der Waals surface area contributed by atoms with E-state index in [9.17, 15) is 0 Å². The Morgan fingerprint density at radius 2 is 2.14 bits per heavy atom. The molecule has 0 bridgehead atoms. The molecule has 6 heteroatoms. The third kappa shape index (κ3) is 3.28. The quantitative estimate of drug-likeness (QED) is 0.704. The van der Waals surface area contributed by atoms with E-state index in [4.69, 9.17) is 4.42 Å². The van der Waals surface area contributed by atoms with Crippen molar-refractivity contribution in [2.24, 2.45) is 0 Å². The van der Waals surface area contributed by atoms with Crippen LogP contribution < -0.4 is 5.32 Å². The van der Waals surface area contributed by atoms with Crippen molar-refractivity contribution in [1.82, 2.24) is 14.9 Å². The van der Waals surface area contributed by atoms with Crippen molar-refractivity contribution in [3.05, 3.63) is 41.1 Å². The molecule has 3 aromatic rings. The first-order valence-electron chi connectivity index (χ1n) is 7.03. The van der Waals surface area contributed by atoms with Gasteiger partial charge in [0.1, 0.15) is 10.1 Å². The van der Waals surface area contributed by atoms with Gasteiger partial charge in [0.05, 0.1) is 5.56 Å². The highest BCUT2D eigenvalue weighted by Crippen LogP contribution is 2.29. The lowest BCUT2D eigenvalue weighted by Gasteiger charge is -2.10.